The van der Waals surface area contributed by atoms with Gasteiger partial charge in [-0.15, -0.1) is 0 Å². The van der Waals surface area contributed by atoms with Crippen LogP contribution in [0.2, 0.25) is 0 Å². The molecule has 1 saturated heterocycles. The first kappa shape index (κ1) is 20.8. The summed E-state index contributed by atoms with van der Waals surface area (Å²) in [7, 11) is 0. The summed E-state index contributed by atoms with van der Waals surface area (Å²) in [5.41, 5.74) is 2.10. The van der Waals surface area contributed by atoms with Crippen molar-refractivity contribution in [2.75, 3.05) is 25.0 Å². The smallest absolute Gasteiger partial charge is 0.411 e. The van der Waals surface area contributed by atoms with Crippen molar-refractivity contribution in [1.29, 1.82) is 0 Å². The molecular formula is C22H36N2O2. The third-order valence-corrected chi connectivity index (χ3v) is 5.01. The van der Waals surface area contributed by atoms with Crippen LogP contribution in [0.1, 0.15) is 70.8 Å². The number of nitrogens with zero attached hydrogens (tertiary/aromatic N) is 1. The highest BCUT2D eigenvalue weighted by molar-refractivity contribution is 5.84. The van der Waals surface area contributed by atoms with Crippen molar-refractivity contribution in [1.82, 2.24) is 4.90 Å². The summed E-state index contributed by atoms with van der Waals surface area (Å²) in [5, 5.41) is 2.88. The molecule has 0 unspecified atom stereocenters. The number of benzene rings is 1. The standard InChI is InChI=1S/C22H36N2O2/c1-3-4-5-6-8-12-20-13-11-14-21(17-20)23-22(25)26-19(2)18-24-15-9-7-10-16-24/h11,13-14,17,19H,3-10,12,15-16,18H2,1-2H3,(H,23,25)/t19-/m1/s1. The Labute approximate surface area is 159 Å². The molecule has 146 valence electrons. The van der Waals surface area contributed by atoms with Crippen LogP contribution in [0.3, 0.4) is 0 Å². The van der Waals surface area contributed by atoms with Crippen molar-refractivity contribution in [3.8, 4) is 0 Å². The molecule has 4 heteroatoms. The molecule has 0 radical (unpaired) electrons. The summed E-state index contributed by atoms with van der Waals surface area (Å²) in [6.07, 6.45) is 10.9. The number of anilines is 1. The van der Waals surface area contributed by atoms with E-state index >= 15 is 0 Å². The summed E-state index contributed by atoms with van der Waals surface area (Å²) in [6, 6.07) is 8.14. The minimum absolute atomic E-state index is 0.0881. The average molecular weight is 361 g/mol. The zero-order valence-electron chi connectivity index (χ0n) is 16.6. The van der Waals surface area contributed by atoms with E-state index in [4.69, 9.17) is 4.74 Å². The van der Waals surface area contributed by atoms with Crippen LogP contribution < -0.4 is 5.32 Å². The fourth-order valence-electron chi connectivity index (χ4n) is 3.61. The van der Waals surface area contributed by atoms with E-state index in [0.717, 1.165) is 31.7 Å². The van der Waals surface area contributed by atoms with Gasteiger partial charge in [0.25, 0.3) is 0 Å². The molecule has 0 aliphatic carbocycles. The van der Waals surface area contributed by atoms with E-state index in [2.05, 4.69) is 29.3 Å². The lowest BCUT2D eigenvalue weighted by Crippen LogP contribution is -2.37. The number of carbonyl (C=O) groups excluding carboxylic acids is 1. The number of ether oxygens (including phenoxy) is 1. The molecule has 1 aliphatic heterocycles. The van der Waals surface area contributed by atoms with Crippen LogP contribution in [0.5, 0.6) is 0 Å². The second-order valence-corrected chi connectivity index (χ2v) is 7.57. The Morgan fingerprint density at radius 3 is 2.69 bits per heavy atom. The molecule has 26 heavy (non-hydrogen) atoms. The summed E-state index contributed by atoms with van der Waals surface area (Å²) in [5.74, 6) is 0. The second-order valence-electron chi connectivity index (χ2n) is 7.57. The Morgan fingerprint density at radius 2 is 1.92 bits per heavy atom. The maximum absolute atomic E-state index is 12.2. The maximum Gasteiger partial charge on any atom is 0.411 e. The van der Waals surface area contributed by atoms with Gasteiger partial charge in [0, 0.05) is 12.2 Å². The Morgan fingerprint density at radius 1 is 1.15 bits per heavy atom. The lowest BCUT2D eigenvalue weighted by atomic mass is 10.1. The van der Waals surface area contributed by atoms with Gasteiger partial charge in [0.2, 0.25) is 0 Å². The largest absolute Gasteiger partial charge is 0.445 e. The molecule has 1 amide bonds. The van der Waals surface area contributed by atoms with E-state index in [0.29, 0.717) is 0 Å². The first-order valence-corrected chi connectivity index (χ1v) is 10.5. The van der Waals surface area contributed by atoms with Gasteiger partial charge in [-0.05, 0) is 63.4 Å². The second kappa shape index (κ2) is 11.9. The Hall–Kier alpha value is -1.55. The molecule has 1 aromatic carbocycles. The van der Waals surface area contributed by atoms with Gasteiger partial charge in [-0.25, -0.2) is 4.79 Å². The average Bonchev–Trinajstić information content (AvgIpc) is 2.62. The van der Waals surface area contributed by atoms with Crippen LogP contribution >= 0.6 is 0 Å². The Kier molecular flexibility index (Phi) is 9.54. The van der Waals surface area contributed by atoms with Crippen molar-refractivity contribution in [3.05, 3.63) is 29.8 Å². The molecule has 1 aromatic rings. The van der Waals surface area contributed by atoms with E-state index in [1.54, 1.807) is 0 Å². The fraction of sp³-hybridized carbons (Fsp3) is 0.682. The van der Waals surface area contributed by atoms with Crippen molar-refractivity contribution in [2.24, 2.45) is 0 Å². The number of hydrogen-bond acceptors (Lipinski definition) is 3. The van der Waals surface area contributed by atoms with E-state index in [-0.39, 0.29) is 12.2 Å². The Balaban J connectivity index is 1.71. The highest BCUT2D eigenvalue weighted by atomic mass is 16.6. The fourth-order valence-corrected chi connectivity index (χ4v) is 3.61. The normalized spacial score (nSPS) is 16.2. The van der Waals surface area contributed by atoms with E-state index in [1.807, 2.05) is 19.1 Å². The van der Waals surface area contributed by atoms with E-state index < -0.39 is 0 Å². The maximum atomic E-state index is 12.2. The van der Waals surface area contributed by atoms with Crippen LogP contribution in [0.15, 0.2) is 24.3 Å². The van der Waals surface area contributed by atoms with Gasteiger partial charge >= 0.3 is 6.09 Å². The van der Waals surface area contributed by atoms with Crippen molar-refractivity contribution in [2.45, 2.75) is 77.7 Å². The van der Waals surface area contributed by atoms with Crippen molar-refractivity contribution < 1.29 is 9.53 Å². The third-order valence-electron chi connectivity index (χ3n) is 5.01. The molecule has 0 spiro atoms. The van der Waals surface area contributed by atoms with Gasteiger partial charge in [0.05, 0.1) is 0 Å². The molecule has 1 N–H and O–H groups in total. The first-order valence-electron chi connectivity index (χ1n) is 10.5. The number of piperidine rings is 1. The number of carbonyl (C=O) groups is 1. The predicted molar refractivity (Wildman–Crippen MR) is 109 cm³/mol. The van der Waals surface area contributed by atoms with E-state index in [9.17, 15) is 4.79 Å². The quantitative estimate of drug-likeness (QED) is 0.550. The van der Waals surface area contributed by atoms with Crippen molar-refractivity contribution in [3.63, 3.8) is 0 Å². The topological polar surface area (TPSA) is 41.6 Å². The van der Waals surface area contributed by atoms with Gasteiger partial charge in [0.15, 0.2) is 0 Å². The van der Waals surface area contributed by atoms with Crippen LogP contribution in [-0.2, 0) is 11.2 Å². The molecule has 1 heterocycles. The third kappa shape index (κ3) is 8.22. The first-order chi connectivity index (χ1) is 12.7. The molecule has 1 aliphatic rings. The van der Waals surface area contributed by atoms with Crippen LogP contribution in [0.25, 0.3) is 0 Å². The number of nitrogens with one attached hydrogen (secondary N) is 1. The highest BCUT2D eigenvalue weighted by Crippen LogP contribution is 2.15. The van der Waals surface area contributed by atoms with Crippen LogP contribution in [0, 0.1) is 0 Å². The van der Waals surface area contributed by atoms with Gasteiger partial charge in [0.1, 0.15) is 6.10 Å². The number of unbranched alkanes of at least 4 members (excludes halogenated alkanes) is 4. The summed E-state index contributed by atoms with van der Waals surface area (Å²) in [4.78, 5) is 14.5. The van der Waals surface area contributed by atoms with Crippen LogP contribution in [-0.4, -0.2) is 36.7 Å². The molecular weight excluding hydrogens is 324 g/mol. The Bertz CT molecular complexity index is 527. The lowest BCUT2D eigenvalue weighted by molar-refractivity contribution is 0.0833. The summed E-state index contributed by atoms with van der Waals surface area (Å²) in [6.45, 7) is 7.28. The van der Waals surface area contributed by atoms with Gasteiger partial charge in [-0.1, -0.05) is 51.2 Å². The molecule has 0 bridgehead atoms. The number of amides is 1. The van der Waals surface area contributed by atoms with Gasteiger partial charge in [-0.3, -0.25) is 10.2 Å². The monoisotopic (exact) mass is 360 g/mol. The highest BCUT2D eigenvalue weighted by Gasteiger charge is 2.16. The number of hydrogen-bond donors (Lipinski definition) is 1. The van der Waals surface area contributed by atoms with Gasteiger partial charge < -0.3 is 4.74 Å². The summed E-state index contributed by atoms with van der Waals surface area (Å²) >= 11 is 0. The molecule has 0 saturated carbocycles. The van der Waals surface area contributed by atoms with Gasteiger partial charge in [-0.2, -0.15) is 0 Å². The minimum Gasteiger partial charge on any atom is -0.445 e. The van der Waals surface area contributed by atoms with E-state index in [1.165, 1.54) is 56.9 Å². The predicted octanol–water partition coefficient (Wildman–Crippen LogP) is 5.62. The van der Waals surface area contributed by atoms with Crippen LogP contribution in [0.4, 0.5) is 10.5 Å². The zero-order chi connectivity index (χ0) is 18.6. The number of rotatable bonds is 10. The molecule has 1 atom stereocenters. The SMILES string of the molecule is CCCCCCCc1cccc(NC(=O)O[C@H](C)CN2CCCCC2)c1. The van der Waals surface area contributed by atoms with Crippen molar-refractivity contribution >= 4 is 11.8 Å². The summed E-state index contributed by atoms with van der Waals surface area (Å²) < 4.78 is 5.53. The number of likely N-dealkylation sites (tertiary alicyclic amines) is 1. The number of aryl methyl sites for hydroxylation is 1. The molecule has 0 aromatic heterocycles. The minimum atomic E-state index is -0.352. The molecule has 4 nitrogen and oxygen atoms in total. The zero-order valence-corrected chi connectivity index (χ0v) is 16.6. The molecule has 2 rings (SSSR count). The lowest BCUT2D eigenvalue weighted by Gasteiger charge is -2.28. The molecule has 1 fully saturated rings.